The van der Waals surface area contributed by atoms with Crippen molar-refractivity contribution in [3.63, 3.8) is 0 Å². The van der Waals surface area contributed by atoms with Crippen molar-refractivity contribution in [3.8, 4) is 11.3 Å². The molecule has 0 unspecified atom stereocenters. The molecule has 2 heterocycles. The molecular weight excluding hydrogens is 245 g/mol. The fourth-order valence-corrected chi connectivity index (χ4v) is 1.47. The van der Waals surface area contributed by atoms with Gasteiger partial charge in [0.15, 0.2) is 5.69 Å². The van der Waals surface area contributed by atoms with E-state index in [0.717, 1.165) is 0 Å². The lowest BCUT2D eigenvalue weighted by molar-refractivity contribution is -0.140. The summed E-state index contributed by atoms with van der Waals surface area (Å²) in [5.74, 6) is 0. The molecule has 1 N–H and O–H groups in total. The topological polar surface area (TPSA) is 50.7 Å². The number of hydrogen-bond donors (Lipinski definition) is 1. The van der Waals surface area contributed by atoms with Crippen LogP contribution in [-0.4, -0.2) is 22.0 Å². The molecule has 0 fully saturated rings. The first kappa shape index (κ1) is 12.3. The zero-order valence-corrected chi connectivity index (χ0v) is 9.36. The number of alkyl halides is 3. The molecule has 0 aliphatic rings. The highest BCUT2D eigenvalue weighted by molar-refractivity contribution is 5.61. The SMILES string of the molecule is CNc1ccc(-c2cncnc2)nc1C(F)(F)F. The Bertz CT molecular complexity index is 540. The lowest BCUT2D eigenvalue weighted by atomic mass is 10.2. The summed E-state index contributed by atoms with van der Waals surface area (Å²) in [6.45, 7) is 0. The molecule has 94 valence electrons. The number of pyridine rings is 1. The number of halogens is 3. The van der Waals surface area contributed by atoms with Gasteiger partial charge in [0.1, 0.15) is 6.33 Å². The maximum atomic E-state index is 12.8. The van der Waals surface area contributed by atoms with E-state index >= 15 is 0 Å². The lowest BCUT2D eigenvalue weighted by Crippen LogP contribution is -2.12. The Morgan fingerprint density at radius 1 is 1.11 bits per heavy atom. The van der Waals surface area contributed by atoms with Gasteiger partial charge in [-0.2, -0.15) is 13.2 Å². The van der Waals surface area contributed by atoms with Crippen LogP contribution in [0.3, 0.4) is 0 Å². The largest absolute Gasteiger partial charge is 0.435 e. The van der Waals surface area contributed by atoms with Crippen molar-refractivity contribution in [3.05, 3.63) is 36.5 Å². The van der Waals surface area contributed by atoms with Gasteiger partial charge in [-0.1, -0.05) is 0 Å². The van der Waals surface area contributed by atoms with Crippen LogP contribution in [0.25, 0.3) is 11.3 Å². The van der Waals surface area contributed by atoms with Crippen LogP contribution in [0.5, 0.6) is 0 Å². The third-order valence-corrected chi connectivity index (χ3v) is 2.29. The lowest BCUT2D eigenvalue weighted by Gasteiger charge is -2.12. The molecule has 0 saturated carbocycles. The van der Waals surface area contributed by atoms with E-state index in [-0.39, 0.29) is 11.4 Å². The minimum atomic E-state index is -4.51. The molecule has 0 aliphatic heterocycles. The molecule has 0 saturated heterocycles. The Kier molecular flexibility index (Phi) is 3.14. The Balaban J connectivity index is 2.53. The summed E-state index contributed by atoms with van der Waals surface area (Å²) in [7, 11) is 1.41. The van der Waals surface area contributed by atoms with Crippen LogP contribution in [0.2, 0.25) is 0 Å². The zero-order valence-electron chi connectivity index (χ0n) is 9.36. The van der Waals surface area contributed by atoms with Crippen molar-refractivity contribution >= 4 is 5.69 Å². The molecule has 4 nitrogen and oxygen atoms in total. The summed E-state index contributed by atoms with van der Waals surface area (Å²) >= 11 is 0. The molecule has 0 radical (unpaired) electrons. The summed E-state index contributed by atoms with van der Waals surface area (Å²) in [5.41, 5.74) is -0.401. The highest BCUT2D eigenvalue weighted by atomic mass is 19.4. The predicted molar refractivity (Wildman–Crippen MR) is 59.8 cm³/mol. The zero-order chi connectivity index (χ0) is 13.2. The van der Waals surface area contributed by atoms with Crippen molar-refractivity contribution in [2.24, 2.45) is 0 Å². The third kappa shape index (κ3) is 2.39. The van der Waals surface area contributed by atoms with Gasteiger partial charge in [0.05, 0.1) is 11.4 Å². The van der Waals surface area contributed by atoms with E-state index < -0.39 is 11.9 Å². The first-order chi connectivity index (χ1) is 8.52. The normalized spacial score (nSPS) is 11.3. The van der Waals surface area contributed by atoms with Gasteiger partial charge < -0.3 is 5.32 Å². The molecule has 0 spiro atoms. The maximum Gasteiger partial charge on any atom is 0.435 e. The fraction of sp³-hybridized carbons (Fsp3) is 0.182. The molecule has 2 rings (SSSR count). The van der Waals surface area contributed by atoms with Crippen molar-refractivity contribution in [1.29, 1.82) is 0 Å². The molecule has 0 aromatic carbocycles. The van der Waals surface area contributed by atoms with E-state index in [1.807, 2.05) is 0 Å². The molecule has 0 atom stereocenters. The van der Waals surface area contributed by atoms with E-state index in [9.17, 15) is 13.2 Å². The first-order valence-electron chi connectivity index (χ1n) is 5.03. The number of hydrogen-bond acceptors (Lipinski definition) is 4. The number of aromatic nitrogens is 3. The minimum absolute atomic E-state index is 0.0666. The van der Waals surface area contributed by atoms with Gasteiger partial charge in [0, 0.05) is 25.0 Å². The highest BCUT2D eigenvalue weighted by Crippen LogP contribution is 2.34. The second kappa shape index (κ2) is 4.59. The maximum absolute atomic E-state index is 12.8. The van der Waals surface area contributed by atoms with E-state index in [2.05, 4.69) is 20.3 Å². The Labute approximate surface area is 101 Å². The molecule has 0 bridgehead atoms. The van der Waals surface area contributed by atoms with Gasteiger partial charge in [-0.05, 0) is 12.1 Å². The fourth-order valence-electron chi connectivity index (χ4n) is 1.47. The van der Waals surface area contributed by atoms with E-state index in [4.69, 9.17) is 0 Å². The van der Waals surface area contributed by atoms with Crippen LogP contribution in [0.1, 0.15) is 5.69 Å². The summed E-state index contributed by atoms with van der Waals surface area (Å²) in [4.78, 5) is 11.1. The molecule has 2 aromatic heterocycles. The standard InChI is InChI=1S/C11H9F3N4/c1-15-9-3-2-8(7-4-16-6-17-5-7)18-10(9)11(12,13)14/h2-6,15H,1H3. The number of nitrogens with one attached hydrogen (secondary N) is 1. The van der Waals surface area contributed by atoms with Gasteiger partial charge in [-0.15, -0.1) is 0 Å². The number of anilines is 1. The molecule has 18 heavy (non-hydrogen) atoms. The van der Waals surface area contributed by atoms with Crippen LogP contribution >= 0.6 is 0 Å². The van der Waals surface area contributed by atoms with Crippen LogP contribution in [-0.2, 0) is 6.18 Å². The van der Waals surface area contributed by atoms with Gasteiger partial charge in [0.2, 0.25) is 0 Å². The molecule has 0 aliphatic carbocycles. The second-order valence-electron chi connectivity index (χ2n) is 3.47. The summed E-state index contributed by atoms with van der Waals surface area (Å²) < 4.78 is 38.4. The Morgan fingerprint density at radius 3 is 2.33 bits per heavy atom. The van der Waals surface area contributed by atoms with Gasteiger partial charge in [0.25, 0.3) is 0 Å². The van der Waals surface area contributed by atoms with E-state index in [1.54, 1.807) is 0 Å². The van der Waals surface area contributed by atoms with Gasteiger partial charge in [-0.3, -0.25) is 0 Å². The average Bonchev–Trinajstić information content (AvgIpc) is 2.38. The second-order valence-corrected chi connectivity index (χ2v) is 3.47. The van der Waals surface area contributed by atoms with Crippen LogP contribution < -0.4 is 5.32 Å². The van der Waals surface area contributed by atoms with E-state index in [1.165, 1.54) is 37.9 Å². The Hall–Kier alpha value is -2.18. The van der Waals surface area contributed by atoms with Crippen LogP contribution in [0.15, 0.2) is 30.9 Å². The van der Waals surface area contributed by atoms with Crippen molar-refractivity contribution < 1.29 is 13.2 Å². The smallest absolute Gasteiger partial charge is 0.386 e. The third-order valence-electron chi connectivity index (χ3n) is 2.29. The first-order valence-corrected chi connectivity index (χ1v) is 5.03. The quantitative estimate of drug-likeness (QED) is 0.895. The Morgan fingerprint density at radius 2 is 1.78 bits per heavy atom. The summed E-state index contributed by atoms with van der Waals surface area (Å²) in [5, 5.41) is 2.47. The minimum Gasteiger partial charge on any atom is -0.386 e. The number of rotatable bonds is 2. The molecule has 0 amide bonds. The molecular formula is C11H9F3N4. The monoisotopic (exact) mass is 254 g/mol. The van der Waals surface area contributed by atoms with Gasteiger partial charge >= 0.3 is 6.18 Å². The summed E-state index contributed by atoms with van der Waals surface area (Å²) in [6.07, 6.45) is -0.386. The van der Waals surface area contributed by atoms with E-state index in [0.29, 0.717) is 5.56 Å². The predicted octanol–water partition coefficient (Wildman–Crippen LogP) is 2.60. The number of nitrogens with zero attached hydrogens (tertiary/aromatic N) is 3. The van der Waals surface area contributed by atoms with Crippen molar-refractivity contribution in [1.82, 2.24) is 15.0 Å². The molecule has 7 heteroatoms. The average molecular weight is 254 g/mol. The summed E-state index contributed by atoms with van der Waals surface area (Å²) in [6, 6.07) is 2.82. The van der Waals surface area contributed by atoms with Crippen LogP contribution in [0, 0.1) is 0 Å². The van der Waals surface area contributed by atoms with Gasteiger partial charge in [-0.25, -0.2) is 15.0 Å². The van der Waals surface area contributed by atoms with Crippen LogP contribution in [0.4, 0.5) is 18.9 Å². The highest BCUT2D eigenvalue weighted by Gasteiger charge is 2.35. The van der Waals surface area contributed by atoms with Crippen molar-refractivity contribution in [2.75, 3.05) is 12.4 Å². The van der Waals surface area contributed by atoms with Crippen molar-refractivity contribution in [2.45, 2.75) is 6.18 Å². The molecule has 2 aromatic rings.